The minimum Gasteiger partial charge on any atom is -0.271 e. The number of thiophene rings is 1. The molecule has 2 aromatic rings. The lowest BCUT2D eigenvalue weighted by Gasteiger charge is -2.19. The van der Waals surface area contributed by atoms with E-state index in [0.29, 0.717) is 0 Å². The summed E-state index contributed by atoms with van der Waals surface area (Å²) >= 11 is 7.88. The van der Waals surface area contributed by atoms with E-state index in [0.717, 1.165) is 23.4 Å². The van der Waals surface area contributed by atoms with Gasteiger partial charge in [0.15, 0.2) is 0 Å². The average molecular weight is 281 g/mol. The highest BCUT2D eigenvalue weighted by atomic mass is 35.5. The van der Waals surface area contributed by atoms with Crippen molar-refractivity contribution in [2.75, 3.05) is 0 Å². The predicted octanol–water partition coefficient (Wildman–Crippen LogP) is 3.85. The number of nitrogens with two attached hydrogens (primary N) is 1. The first-order chi connectivity index (χ1) is 8.72. The van der Waals surface area contributed by atoms with E-state index in [1.165, 1.54) is 11.1 Å². The average Bonchev–Trinajstić information content (AvgIpc) is 2.88. The van der Waals surface area contributed by atoms with Crippen molar-refractivity contribution in [3.05, 3.63) is 56.7 Å². The quantitative estimate of drug-likeness (QED) is 0.645. The molecule has 2 rings (SSSR count). The fourth-order valence-electron chi connectivity index (χ4n) is 2.08. The number of halogens is 1. The van der Waals surface area contributed by atoms with Gasteiger partial charge in [-0.2, -0.15) is 11.3 Å². The minimum atomic E-state index is 0.142. The summed E-state index contributed by atoms with van der Waals surface area (Å²) in [5.41, 5.74) is 6.54. The molecule has 0 aliphatic rings. The SMILES string of the molecule is Cc1c(Cl)cccc1C(CCc1ccsc1)NN. The van der Waals surface area contributed by atoms with Crippen LogP contribution in [-0.4, -0.2) is 0 Å². The molecule has 0 bridgehead atoms. The first kappa shape index (κ1) is 13.6. The van der Waals surface area contributed by atoms with Gasteiger partial charge in [0.25, 0.3) is 0 Å². The lowest BCUT2D eigenvalue weighted by molar-refractivity contribution is 0.514. The van der Waals surface area contributed by atoms with E-state index < -0.39 is 0 Å². The summed E-state index contributed by atoms with van der Waals surface area (Å²) < 4.78 is 0. The van der Waals surface area contributed by atoms with Gasteiger partial charge in [0.05, 0.1) is 0 Å². The topological polar surface area (TPSA) is 38.0 Å². The van der Waals surface area contributed by atoms with E-state index in [4.69, 9.17) is 17.4 Å². The van der Waals surface area contributed by atoms with Crippen LogP contribution in [0.3, 0.4) is 0 Å². The van der Waals surface area contributed by atoms with Crippen molar-refractivity contribution in [2.45, 2.75) is 25.8 Å². The number of hydrogen-bond donors (Lipinski definition) is 2. The molecule has 0 aliphatic heterocycles. The highest BCUT2D eigenvalue weighted by Crippen LogP contribution is 2.26. The smallest absolute Gasteiger partial charge is 0.0466 e. The summed E-state index contributed by atoms with van der Waals surface area (Å²) in [4.78, 5) is 0. The third-order valence-corrected chi connectivity index (χ3v) is 4.33. The van der Waals surface area contributed by atoms with Crippen LogP contribution in [-0.2, 0) is 6.42 Å². The minimum absolute atomic E-state index is 0.142. The summed E-state index contributed by atoms with van der Waals surface area (Å²) in [7, 11) is 0. The monoisotopic (exact) mass is 280 g/mol. The second kappa shape index (κ2) is 6.34. The van der Waals surface area contributed by atoms with Crippen molar-refractivity contribution in [1.82, 2.24) is 5.43 Å². The van der Waals surface area contributed by atoms with E-state index in [9.17, 15) is 0 Å². The van der Waals surface area contributed by atoms with E-state index >= 15 is 0 Å². The van der Waals surface area contributed by atoms with Gasteiger partial charge in [-0.1, -0.05) is 23.7 Å². The molecule has 4 heteroatoms. The predicted molar refractivity (Wildman–Crippen MR) is 78.9 cm³/mol. The molecular weight excluding hydrogens is 264 g/mol. The van der Waals surface area contributed by atoms with Crippen LogP contribution >= 0.6 is 22.9 Å². The van der Waals surface area contributed by atoms with Crippen LogP contribution < -0.4 is 11.3 Å². The Labute approximate surface area is 117 Å². The van der Waals surface area contributed by atoms with Crippen LogP contribution in [0, 0.1) is 6.92 Å². The molecule has 0 saturated carbocycles. The molecular formula is C14H17ClN2S. The van der Waals surface area contributed by atoms with Crippen LogP contribution in [0.15, 0.2) is 35.0 Å². The number of rotatable bonds is 5. The Kier molecular flexibility index (Phi) is 4.78. The van der Waals surface area contributed by atoms with Crippen molar-refractivity contribution < 1.29 is 0 Å². The second-order valence-electron chi connectivity index (χ2n) is 4.34. The highest BCUT2D eigenvalue weighted by Gasteiger charge is 2.13. The third kappa shape index (κ3) is 3.12. The van der Waals surface area contributed by atoms with Gasteiger partial charge in [-0.25, -0.2) is 0 Å². The van der Waals surface area contributed by atoms with Gasteiger partial charge in [0.1, 0.15) is 0 Å². The van der Waals surface area contributed by atoms with Crippen molar-refractivity contribution in [2.24, 2.45) is 5.84 Å². The molecule has 0 fully saturated rings. The Bertz CT molecular complexity index is 497. The second-order valence-corrected chi connectivity index (χ2v) is 5.53. The summed E-state index contributed by atoms with van der Waals surface area (Å²) in [6, 6.07) is 8.26. The van der Waals surface area contributed by atoms with Crippen molar-refractivity contribution >= 4 is 22.9 Å². The third-order valence-electron chi connectivity index (χ3n) is 3.19. The molecule has 0 spiro atoms. The molecule has 96 valence electrons. The molecule has 3 N–H and O–H groups in total. The lowest BCUT2D eigenvalue weighted by Crippen LogP contribution is -2.29. The molecule has 1 aromatic heterocycles. The van der Waals surface area contributed by atoms with E-state index in [2.05, 4.69) is 28.3 Å². The van der Waals surface area contributed by atoms with Gasteiger partial charge in [0.2, 0.25) is 0 Å². The largest absolute Gasteiger partial charge is 0.271 e. The number of hydrogen-bond acceptors (Lipinski definition) is 3. The van der Waals surface area contributed by atoms with Gasteiger partial charge in [-0.15, -0.1) is 0 Å². The summed E-state index contributed by atoms with van der Waals surface area (Å²) in [5.74, 6) is 5.67. The fourth-order valence-corrected chi connectivity index (χ4v) is 2.96. The maximum absolute atomic E-state index is 6.15. The fraction of sp³-hybridized carbons (Fsp3) is 0.286. The van der Waals surface area contributed by atoms with Crippen LogP contribution in [0.25, 0.3) is 0 Å². The van der Waals surface area contributed by atoms with E-state index in [-0.39, 0.29) is 6.04 Å². The molecule has 1 heterocycles. The highest BCUT2D eigenvalue weighted by molar-refractivity contribution is 7.07. The first-order valence-electron chi connectivity index (χ1n) is 5.94. The standard InChI is InChI=1S/C14H17ClN2S/c1-10-12(3-2-4-13(10)15)14(17-16)6-5-11-7-8-18-9-11/h2-4,7-9,14,17H,5-6,16H2,1H3. The zero-order chi connectivity index (χ0) is 13.0. The number of benzene rings is 1. The summed E-state index contributed by atoms with van der Waals surface area (Å²) in [6.07, 6.45) is 1.98. The van der Waals surface area contributed by atoms with E-state index in [1.807, 2.05) is 19.1 Å². The normalized spacial score (nSPS) is 12.6. The Morgan fingerprint density at radius 1 is 1.39 bits per heavy atom. The van der Waals surface area contributed by atoms with Gasteiger partial charge in [0, 0.05) is 11.1 Å². The van der Waals surface area contributed by atoms with E-state index in [1.54, 1.807) is 11.3 Å². The molecule has 18 heavy (non-hydrogen) atoms. The molecule has 0 saturated heterocycles. The Morgan fingerprint density at radius 3 is 2.89 bits per heavy atom. The van der Waals surface area contributed by atoms with Crippen LogP contribution in [0.2, 0.25) is 5.02 Å². The van der Waals surface area contributed by atoms with Gasteiger partial charge in [-0.3, -0.25) is 11.3 Å². The molecule has 2 nitrogen and oxygen atoms in total. The zero-order valence-electron chi connectivity index (χ0n) is 10.3. The Morgan fingerprint density at radius 2 is 2.22 bits per heavy atom. The van der Waals surface area contributed by atoms with Crippen molar-refractivity contribution in [1.29, 1.82) is 0 Å². The van der Waals surface area contributed by atoms with Crippen molar-refractivity contribution in [3.63, 3.8) is 0 Å². The molecule has 0 amide bonds. The van der Waals surface area contributed by atoms with Gasteiger partial charge in [-0.05, 0) is 59.3 Å². The zero-order valence-corrected chi connectivity index (χ0v) is 11.9. The van der Waals surface area contributed by atoms with Crippen LogP contribution in [0.4, 0.5) is 0 Å². The van der Waals surface area contributed by atoms with Gasteiger partial charge >= 0.3 is 0 Å². The molecule has 1 unspecified atom stereocenters. The lowest BCUT2D eigenvalue weighted by atomic mass is 9.97. The maximum Gasteiger partial charge on any atom is 0.0466 e. The number of hydrazine groups is 1. The summed E-state index contributed by atoms with van der Waals surface area (Å²) in [6.45, 7) is 2.03. The first-order valence-corrected chi connectivity index (χ1v) is 7.26. The summed E-state index contributed by atoms with van der Waals surface area (Å²) in [5, 5.41) is 5.08. The number of aryl methyl sites for hydroxylation is 1. The van der Waals surface area contributed by atoms with Crippen molar-refractivity contribution in [3.8, 4) is 0 Å². The molecule has 1 aromatic carbocycles. The number of nitrogens with one attached hydrogen (secondary N) is 1. The Balaban J connectivity index is 2.10. The maximum atomic E-state index is 6.15. The van der Waals surface area contributed by atoms with Crippen LogP contribution in [0.1, 0.15) is 29.2 Å². The Hall–Kier alpha value is -0.870. The molecule has 1 atom stereocenters. The molecule has 0 aliphatic carbocycles. The van der Waals surface area contributed by atoms with Gasteiger partial charge < -0.3 is 0 Å². The molecule has 0 radical (unpaired) electrons. The van der Waals surface area contributed by atoms with Crippen LogP contribution in [0.5, 0.6) is 0 Å².